The van der Waals surface area contributed by atoms with E-state index < -0.39 is 0 Å². The van der Waals surface area contributed by atoms with Crippen LogP contribution >= 0.6 is 0 Å². The molecule has 1 aliphatic rings. The summed E-state index contributed by atoms with van der Waals surface area (Å²) in [5, 5.41) is 6.24. The second-order valence-electron chi connectivity index (χ2n) is 5.06. The van der Waals surface area contributed by atoms with E-state index >= 15 is 0 Å². The zero-order valence-corrected chi connectivity index (χ0v) is 11.4. The third-order valence-electron chi connectivity index (χ3n) is 3.57. The van der Waals surface area contributed by atoms with E-state index in [0.717, 1.165) is 29.8 Å². The van der Waals surface area contributed by atoms with Gasteiger partial charge in [-0.3, -0.25) is 4.79 Å². The lowest BCUT2D eigenvalue weighted by atomic mass is 9.90. The van der Waals surface area contributed by atoms with Crippen molar-refractivity contribution in [2.45, 2.75) is 19.3 Å². The zero-order valence-electron chi connectivity index (χ0n) is 11.4. The average Bonchev–Trinajstić information content (AvgIpc) is 2.46. The van der Waals surface area contributed by atoms with Gasteiger partial charge in [0.25, 0.3) is 0 Å². The van der Waals surface area contributed by atoms with Crippen LogP contribution in [0, 0.1) is 6.92 Å². The molecule has 20 heavy (non-hydrogen) atoms. The Morgan fingerprint density at radius 1 is 1.35 bits per heavy atom. The Balaban J connectivity index is 1.82. The summed E-state index contributed by atoms with van der Waals surface area (Å²) in [5.74, 6) is 0.512. The SMILES string of the molecule is Cc1ccnc(NC(=O)C2CCNc3ccccc32)c1. The van der Waals surface area contributed by atoms with Crippen LogP contribution in [-0.2, 0) is 4.79 Å². The minimum Gasteiger partial charge on any atom is -0.385 e. The van der Waals surface area contributed by atoms with Crippen molar-refractivity contribution < 1.29 is 4.79 Å². The summed E-state index contributed by atoms with van der Waals surface area (Å²) < 4.78 is 0. The van der Waals surface area contributed by atoms with Gasteiger partial charge in [0.1, 0.15) is 5.82 Å². The van der Waals surface area contributed by atoms with Crippen LogP contribution in [-0.4, -0.2) is 17.4 Å². The highest BCUT2D eigenvalue weighted by Crippen LogP contribution is 2.32. The van der Waals surface area contributed by atoms with Crippen molar-refractivity contribution in [2.24, 2.45) is 0 Å². The summed E-state index contributed by atoms with van der Waals surface area (Å²) in [7, 11) is 0. The molecule has 2 N–H and O–H groups in total. The molecule has 2 heterocycles. The Bertz CT molecular complexity index is 639. The molecular formula is C16H17N3O. The molecule has 0 fully saturated rings. The van der Waals surface area contributed by atoms with Gasteiger partial charge in [-0.05, 0) is 42.7 Å². The molecule has 0 saturated heterocycles. The molecule has 0 saturated carbocycles. The molecule has 1 unspecified atom stereocenters. The number of carbonyl (C=O) groups excluding carboxylic acids is 1. The van der Waals surface area contributed by atoms with Crippen LogP contribution in [0.25, 0.3) is 0 Å². The molecule has 4 heteroatoms. The Kier molecular flexibility index (Phi) is 3.37. The summed E-state index contributed by atoms with van der Waals surface area (Å²) in [6.07, 6.45) is 2.51. The zero-order chi connectivity index (χ0) is 13.9. The Morgan fingerprint density at radius 2 is 2.20 bits per heavy atom. The Hall–Kier alpha value is -2.36. The molecule has 1 amide bonds. The smallest absolute Gasteiger partial charge is 0.233 e. The van der Waals surface area contributed by atoms with Gasteiger partial charge in [0.05, 0.1) is 5.92 Å². The first-order chi connectivity index (χ1) is 9.74. The molecule has 2 aromatic rings. The fourth-order valence-corrected chi connectivity index (χ4v) is 2.56. The first kappa shape index (κ1) is 12.7. The largest absolute Gasteiger partial charge is 0.385 e. The number of hydrogen-bond acceptors (Lipinski definition) is 3. The van der Waals surface area contributed by atoms with E-state index in [9.17, 15) is 4.79 Å². The van der Waals surface area contributed by atoms with Crippen molar-refractivity contribution in [2.75, 3.05) is 17.2 Å². The van der Waals surface area contributed by atoms with E-state index in [4.69, 9.17) is 0 Å². The van der Waals surface area contributed by atoms with Crippen molar-refractivity contribution in [3.63, 3.8) is 0 Å². The van der Waals surface area contributed by atoms with Crippen molar-refractivity contribution >= 4 is 17.4 Å². The van der Waals surface area contributed by atoms with E-state index in [-0.39, 0.29) is 11.8 Å². The monoisotopic (exact) mass is 267 g/mol. The van der Waals surface area contributed by atoms with Gasteiger partial charge in [-0.25, -0.2) is 4.98 Å². The van der Waals surface area contributed by atoms with Crippen LogP contribution in [0.3, 0.4) is 0 Å². The van der Waals surface area contributed by atoms with Crippen molar-refractivity contribution in [1.29, 1.82) is 0 Å². The number of para-hydroxylation sites is 1. The van der Waals surface area contributed by atoms with Gasteiger partial charge in [-0.2, -0.15) is 0 Å². The molecule has 0 spiro atoms. The number of nitrogens with one attached hydrogen (secondary N) is 2. The molecule has 0 aliphatic carbocycles. The topological polar surface area (TPSA) is 54.0 Å². The third-order valence-corrected chi connectivity index (χ3v) is 3.57. The Labute approximate surface area is 118 Å². The fourth-order valence-electron chi connectivity index (χ4n) is 2.56. The quantitative estimate of drug-likeness (QED) is 0.879. The molecule has 1 aromatic heterocycles. The number of amides is 1. The van der Waals surface area contributed by atoms with E-state index in [0.29, 0.717) is 5.82 Å². The third kappa shape index (κ3) is 2.50. The highest BCUT2D eigenvalue weighted by Gasteiger charge is 2.26. The van der Waals surface area contributed by atoms with E-state index in [1.54, 1.807) is 6.20 Å². The summed E-state index contributed by atoms with van der Waals surface area (Å²) >= 11 is 0. The van der Waals surface area contributed by atoms with Crippen LogP contribution in [0.4, 0.5) is 11.5 Å². The van der Waals surface area contributed by atoms with Crippen LogP contribution in [0.1, 0.15) is 23.5 Å². The first-order valence-electron chi connectivity index (χ1n) is 6.80. The Morgan fingerprint density at radius 3 is 3.05 bits per heavy atom. The predicted molar refractivity (Wildman–Crippen MR) is 79.9 cm³/mol. The standard InChI is InChI=1S/C16H17N3O/c1-11-6-8-18-15(10-11)19-16(20)13-7-9-17-14-5-3-2-4-12(13)14/h2-6,8,10,13,17H,7,9H2,1H3,(H,18,19,20). The summed E-state index contributed by atoms with van der Waals surface area (Å²) in [6.45, 7) is 2.80. The maximum Gasteiger partial charge on any atom is 0.233 e. The van der Waals surface area contributed by atoms with Gasteiger partial charge in [-0.1, -0.05) is 18.2 Å². The van der Waals surface area contributed by atoms with Crippen molar-refractivity contribution in [3.8, 4) is 0 Å². The van der Waals surface area contributed by atoms with Crippen LogP contribution in [0.2, 0.25) is 0 Å². The fraction of sp³-hybridized carbons (Fsp3) is 0.250. The maximum atomic E-state index is 12.5. The molecule has 4 nitrogen and oxygen atoms in total. The normalized spacial score (nSPS) is 16.9. The number of rotatable bonds is 2. The van der Waals surface area contributed by atoms with Crippen LogP contribution < -0.4 is 10.6 Å². The lowest BCUT2D eigenvalue weighted by molar-refractivity contribution is -0.117. The van der Waals surface area contributed by atoms with E-state index in [1.165, 1.54) is 0 Å². The minimum absolute atomic E-state index is 0.0112. The highest BCUT2D eigenvalue weighted by atomic mass is 16.1. The number of pyridine rings is 1. The predicted octanol–water partition coefficient (Wildman–Crippen LogP) is 2.93. The van der Waals surface area contributed by atoms with Gasteiger partial charge in [-0.15, -0.1) is 0 Å². The van der Waals surface area contributed by atoms with Gasteiger partial charge < -0.3 is 10.6 Å². The molecule has 0 bridgehead atoms. The molecule has 0 radical (unpaired) electrons. The number of aromatic nitrogens is 1. The summed E-state index contributed by atoms with van der Waals surface area (Å²) in [6, 6.07) is 11.8. The van der Waals surface area contributed by atoms with E-state index in [1.807, 2.05) is 43.3 Å². The average molecular weight is 267 g/mol. The highest BCUT2D eigenvalue weighted by molar-refractivity contribution is 5.96. The van der Waals surface area contributed by atoms with Gasteiger partial charge in [0.2, 0.25) is 5.91 Å². The number of carbonyl (C=O) groups is 1. The lowest BCUT2D eigenvalue weighted by Crippen LogP contribution is -2.27. The molecule has 3 rings (SSSR count). The molecule has 1 atom stereocenters. The number of benzene rings is 1. The summed E-state index contributed by atoms with van der Waals surface area (Å²) in [5.41, 5.74) is 3.20. The second-order valence-corrected chi connectivity index (χ2v) is 5.06. The van der Waals surface area contributed by atoms with Gasteiger partial charge in [0.15, 0.2) is 0 Å². The van der Waals surface area contributed by atoms with Crippen LogP contribution in [0.5, 0.6) is 0 Å². The van der Waals surface area contributed by atoms with Gasteiger partial charge >= 0.3 is 0 Å². The molecule has 1 aliphatic heterocycles. The van der Waals surface area contributed by atoms with Crippen LogP contribution in [0.15, 0.2) is 42.6 Å². The molecular weight excluding hydrogens is 250 g/mol. The lowest BCUT2D eigenvalue weighted by Gasteiger charge is -2.25. The van der Waals surface area contributed by atoms with Crippen molar-refractivity contribution in [3.05, 3.63) is 53.7 Å². The number of nitrogens with zero attached hydrogens (tertiary/aromatic N) is 1. The number of hydrogen-bond donors (Lipinski definition) is 2. The minimum atomic E-state index is -0.116. The number of aryl methyl sites for hydroxylation is 1. The molecule has 1 aromatic carbocycles. The first-order valence-corrected chi connectivity index (χ1v) is 6.80. The molecule has 102 valence electrons. The number of anilines is 2. The van der Waals surface area contributed by atoms with Gasteiger partial charge in [0, 0.05) is 18.4 Å². The number of fused-ring (bicyclic) bond motifs is 1. The second kappa shape index (κ2) is 5.33. The van der Waals surface area contributed by atoms with Crippen molar-refractivity contribution in [1.82, 2.24) is 4.98 Å². The summed E-state index contributed by atoms with van der Waals surface area (Å²) in [4.78, 5) is 16.6. The van der Waals surface area contributed by atoms with E-state index in [2.05, 4.69) is 15.6 Å². The maximum absolute atomic E-state index is 12.5.